The van der Waals surface area contributed by atoms with Crippen molar-refractivity contribution < 1.29 is 0 Å². The lowest BCUT2D eigenvalue weighted by molar-refractivity contribution is 0.450. The lowest BCUT2D eigenvalue weighted by Gasteiger charge is -2.16. The predicted octanol–water partition coefficient (Wildman–Crippen LogP) is 0.0213. The van der Waals surface area contributed by atoms with Crippen molar-refractivity contribution in [2.75, 3.05) is 13.1 Å². The zero-order valence-corrected chi connectivity index (χ0v) is 4.41. The first-order valence-corrected chi connectivity index (χ1v) is 2.81. The van der Waals surface area contributed by atoms with Crippen molar-refractivity contribution >= 4 is 0 Å². The van der Waals surface area contributed by atoms with E-state index in [0.717, 1.165) is 19.5 Å². The molecule has 1 atom stereocenters. The average Bonchev–Trinajstić information content (AvgIpc) is 1.69. The van der Waals surface area contributed by atoms with E-state index in [1.54, 1.807) is 0 Å². The van der Waals surface area contributed by atoms with E-state index < -0.39 is 0 Å². The number of rotatable bonds is 0. The summed E-state index contributed by atoms with van der Waals surface area (Å²) in [6.07, 6.45) is 2.28. The van der Waals surface area contributed by atoms with E-state index in [0.29, 0.717) is 0 Å². The third-order valence-electron chi connectivity index (χ3n) is 1.30. The fourth-order valence-electron chi connectivity index (χ4n) is 0.852. The first kappa shape index (κ1) is 5.06. The monoisotopic (exact) mass is 99.1 g/mol. The molecule has 1 aliphatic heterocycles. The normalized spacial score (nSPS) is 33.0. The SMILES string of the molecule is [NH][C@H]1CCCNC1. The van der Waals surface area contributed by atoms with E-state index in [1.807, 2.05) is 0 Å². The second-order valence-electron chi connectivity index (χ2n) is 2.04. The number of piperidine rings is 1. The Hall–Kier alpha value is -0.0800. The second kappa shape index (κ2) is 2.28. The number of nitrogens with one attached hydrogen (secondary N) is 2. The summed E-state index contributed by atoms with van der Waals surface area (Å²) in [5, 5.41) is 3.15. The molecule has 2 nitrogen and oxygen atoms in total. The van der Waals surface area contributed by atoms with E-state index in [9.17, 15) is 0 Å². The lowest BCUT2D eigenvalue weighted by atomic mass is 10.1. The highest BCUT2D eigenvalue weighted by atomic mass is 14.9. The van der Waals surface area contributed by atoms with Gasteiger partial charge in [0.25, 0.3) is 0 Å². The number of hydrogen-bond donors (Lipinski definition) is 1. The summed E-state index contributed by atoms with van der Waals surface area (Å²) in [6, 6.07) is 0.175. The van der Waals surface area contributed by atoms with Crippen LogP contribution in [-0.4, -0.2) is 19.1 Å². The molecule has 1 aliphatic rings. The van der Waals surface area contributed by atoms with Gasteiger partial charge in [0.15, 0.2) is 0 Å². The molecule has 0 unspecified atom stereocenters. The molecule has 1 radical (unpaired) electrons. The summed E-state index contributed by atoms with van der Waals surface area (Å²) >= 11 is 0. The number of hydrogen-bond acceptors (Lipinski definition) is 1. The summed E-state index contributed by atoms with van der Waals surface area (Å²) < 4.78 is 0. The van der Waals surface area contributed by atoms with Gasteiger partial charge < -0.3 is 5.32 Å². The molecule has 7 heavy (non-hydrogen) atoms. The molecule has 0 aromatic carbocycles. The highest BCUT2D eigenvalue weighted by Gasteiger charge is 2.06. The molecule has 2 heteroatoms. The smallest absolute Gasteiger partial charge is 0.0338 e. The van der Waals surface area contributed by atoms with Crippen molar-refractivity contribution in [3.63, 3.8) is 0 Å². The van der Waals surface area contributed by atoms with Crippen molar-refractivity contribution in [3.8, 4) is 0 Å². The van der Waals surface area contributed by atoms with Gasteiger partial charge in [-0.2, -0.15) is 0 Å². The molecular weight excluding hydrogens is 88.1 g/mol. The van der Waals surface area contributed by atoms with Crippen LogP contribution in [0.15, 0.2) is 0 Å². The second-order valence-corrected chi connectivity index (χ2v) is 2.04. The zero-order valence-electron chi connectivity index (χ0n) is 4.41. The van der Waals surface area contributed by atoms with Crippen molar-refractivity contribution in [2.24, 2.45) is 0 Å². The Morgan fingerprint density at radius 3 is 2.71 bits per heavy atom. The molecule has 1 rings (SSSR count). The Labute approximate surface area is 44.1 Å². The van der Waals surface area contributed by atoms with Crippen molar-refractivity contribution in [2.45, 2.75) is 18.9 Å². The molecule has 41 valence electrons. The van der Waals surface area contributed by atoms with Crippen molar-refractivity contribution in [3.05, 3.63) is 0 Å². The summed E-state index contributed by atoms with van der Waals surface area (Å²) in [7, 11) is 0. The van der Waals surface area contributed by atoms with Gasteiger partial charge in [0.1, 0.15) is 0 Å². The predicted molar refractivity (Wildman–Crippen MR) is 29.0 cm³/mol. The molecular formula is C5H11N2. The van der Waals surface area contributed by atoms with E-state index in [-0.39, 0.29) is 6.04 Å². The van der Waals surface area contributed by atoms with Crippen LogP contribution in [0.1, 0.15) is 12.8 Å². The Balaban J connectivity index is 2.12. The van der Waals surface area contributed by atoms with Crippen LogP contribution in [-0.2, 0) is 0 Å². The Morgan fingerprint density at radius 1 is 1.57 bits per heavy atom. The van der Waals surface area contributed by atoms with Crippen LogP contribution in [0.25, 0.3) is 0 Å². The molecule has 1 fully saturated rings. The van der Waals surface area contributed by atoms with E-state index >= 15 is 0 Å². The molecule has 1 saturated heterocycles. The molecule has 0 bridgehead atoms. The maximum absolute atomic E-state index is 7.21. The molecule has 0 amide bonds. The maximum Gasteiger partial charge on any atom is 0.0338 e. The largest absolute Gasteiger partial charge is 0.315 e. The van der Waals surface area contributed by atoms with Crippen LogP contribution >= 0.6 is 0 Å². The first-order valence-electron chi connectivity index (χ1n) is 2.81. The highest BCUT2D eigenvalue weighted by Crippen LogP contribution is 1.97. The molecule has 0 aliphatic carbocycles. The minimum absolute atomic E-state index is 0.175. The molecule has 1 heterocycles. The van der Waals surface area contributed by atoms with Crippen LogP contribution in [0, 0.1) is 0 Å². The summed E-state index contributed by atoms with van der Waals surface area (Å²) in [5.41, 5.74) is 7.21. The van der Waals surface area contributed by atoms with Gasteiger partial charge in [0.05, 0.1) is 0 Å². The Morgan fingerprint density at radius 2 is 2.43 bits per heavy atom. The molecule has 0 aromatic heterocycles. The average molecular weight is 99.2 g/mol. The van der Waals surface area contributed by atoms with Gasteiger partial charge in [0.2, 0.25) is 0 Å². The van der Waals surface area contributed by atoms with Crippen molar-refractivity contribution in [1.82, 2.24) is 11.1 Å². The van der Waals surface area contributed by atoms with Crippen LogP contribution in [0.4, 0.5) is 0 Å². The van der Waals surface area contributed by atoms with Crippen LogP contribution in [0.3, 0.4) is 0 Å². The quantitative estimate of drug-likeness (QED) is 0.456. The van der Waals surface area contributed by atoms with Gasteiger partial charge in [-0.15, -0.1) is 0 Å². The molecule has 0 saturated carbocycles. The Bertz CT molecular complexity index is 48.0. The first-order chi connectivity index (χ1) is 3.39. The fraction of sp³-hybridized carbons (Fsp3) is 1.00. The molecule has 2 N–H and O–H groups in total. The van der Waals surface area contributed by atoms with Crippen LogP contribution < -0.4 is 11.1 Å². The summed E-state index contributed by atoms with van der Waals surface area (Å²) in [5.74, 6) is 0. The van der Waals surface area contributed by atoms with Gasteiger partial charge in [0, 0.05) is 12.6 Å². The van der Waals surface area contributed by atoms with Crippen LogP contribution in [0.2, 0.25) is 0 Å². The van der Waals surface area contributed by atoms with Gasteiger partial charge in [-0.3, -0.25) is 5.73 Å². The standard InChI is InChI=1S/C5H11N2/c6-5-2-1-3-7-4-5/h5-7H,1-4H2/t5-/m0/s1. The van der Waals surface area contributed by atoms with E-state index in [4.69, 9.17) is 5.73 Å². The minimum atomic E-state index is 0.175. The third-order valence-corrected chi connectivity index (χ3v) is 1.30. The maximum atomic E-state index is 7.21. The molecule has 0 aromatic rings. The van der Waals surface area contributed by atoms with E-state index in [2.05, 4.69) is 5.32 Å². The van der Waals surface area contributed by atoms with Gasteiger partial charge in [-0.1, -0.05) is 0 Å². The topological polar surface area (TPSA) is 35.8 Å². The minimum Gasteiger partial charge on any atom is -0.315 e. The zero-order chi connectivity index (χ0) is 5.11. The fourth-order valence-corrected chi connectivity index (χ4v) is 0.852. The van der Waals surface area contributed by atoms with Crippen LogP contribution in [0.5, 0.6) is 0 Å². The Kier molecular flexibility index (Phi) is 1.65. The molecule has 0 spiro atoms. The third kappa shape index (κ3) is 1.45. The highest BCUT2D eigenvalue weighted by molar-refractivity contribution is 4.69. The lowest BCUT2D eigenvalue weighted by Crippen LogP contribution is -2.34. The van der Waals surface area contributed by atoms with Gasteiger partial charge in [-0.05, 0) is 19.4 Å². The van der Waals surface area contributed by atoms with Gasteiger partial charge in [-0.25, -0.2) is 0 Å². The van der Waals surface area contributed by atoms with E-state index in [1.165, 1.54) is 6.42 Å². The summed E-state index contributed by atoms with van der Waals surface area (Å²) in [6.45, 7) is 2.02. The van der Waals surface area contributed by atoms with Crippen molar-refractivity contribution in [1.29, 1.82) is 0 Å². The van der Waals surface area contributed by atoms with Gasteiger partial charge >= 0.3 is 0 Å². The summed E-state index contributed by atoms with van der Waals surface area (Å²) in [4.78, 5) is 0.